The Bertz CT molecular complexity index is 752. The summed E-state index contributed by atoms with van der Waals surface area (Å²) < 4.78 is 5.08. The van der Waals surface area contributed by atoms with Gasteiger partial charge in [0.15, 0.2) is 11.9 Å². The van der Waals surface area contributed by atoms with Crippen molar-refractivity contribution in [2.24, 2.45) is 0 Å². The number of aromatic nitrogens is 1. The van der Waals surface area contributed by atoms with Gasteiger partial charge in [0.1, 0.15) is 0 Å². The summed E-state index contributed by atoms with van der Waals surface area (Å²) in [6, 6.07) is 7.83. The van der Waals surface area contributed by atoms with Crippen LogP contribution in [0.1, 0.15) is 17.3 Å². The SMILES string of the molecule is C[C@@H](OC(=O)c1ccccc1Cl)C(=O)Nc1ncc(Cl)cc1Cl. The number of ether oxygens (including phenoxy) is 1. The molecule has 8 heteroatoms. The van der Waals surface area contributed by atoms with Crippen molar-refractivity contribution in [2.45, 2.75) is 13.0 Å². The van der Waals surface area contributed by atoms with Gasteiger partial charge in [0.25, 0.3) is 5.91 Å². The van der Waals surface area contributed by atoms with Crippen LogP contribution in [0, 0.1) is 0 Å². The monoisotopic (exact) mass is 372 g/mol. The Kier molecular flexibility index (Phi) is 5.82. The molecule has 2 rings (SSSR count). The maximum Gasteiger partial charge on any atom is 0.340 e. The molecule has 1 aromatic heterocycles. The molecule has 1 atom stereocenters. The molecule has 0 saturated heterocycles. The number of amides is 1. The molecule has 2 aromatic rings. The Hall–Kier alpha value is -1.82. The van der Waals surface area contributed by atoms with Crippen LogP contribution in [0.5, 0.6) is 0 Å². The van der Waals surface area contributed by atoms with Gasteiger partial charge >= 0.3 is 5.97 Å². The van der Waals surface area contributed by atoms with Gasteiger partial charge in [0.05, 0.1) is 20.6 Å². The van der Waals surface area contributed by atoms with E-state index in [0.29, 0.717) is 5.02 Å². The minimum atomic E-state index is -1.06. The van der Waals surface area contributed by atoms with Crippen molar-refractivity contribution < 1.29 is 14.3 Å². The Morgan fingerprint density at radius 3 is 2.52 bits per heavy atom. The number of rotatable bonds is 4. The second kappa shape index (κ2) is 7.64. The summed E-state index contributed by atoms with van der Waals surface area (Å²) in [4.78, 5) is 27.9. The fourth-order valence-corrected chi connectivity index (χ4v) is 2.27. The molecule has 0 bridgehead atoms. The van der Waals surface area contributed by atoms with Crippen molar-refractivity contribution in [1.29, 1.82) is 0 Å². The molecular weight excluding hydrogens is 363 g/mol. The molecule has 0 saturated carbocycles. The first-order valence-electron chi connectivity index (χ1n) is 6.46. The van der Waals surface area contributed by atoms with Crippen molar-refractivity contribution in [3.63, 3.8) is 0 Å². The third-order valence-electron chi connectivity index (χ3n) is 2.80. The number of anilines is 1. The van der Waals surface area contributed by atoms with E-state index in [1.165, 1.54) is 25.3 Å². The number of carbonyl (C=O) groups is 2. The van der Waals surface area contributed by atoms with Crippen LogP contribution < -0.4 is 5.32 Å². The minimum Gasteiger partial charge on any atom is -0.449 e. The number of hydrogen-bond donors (Lipinski definition) is 1. The maximum absolute atomic E-state index is 12.0. The average Bonchev–Trinajstić information content (AvgIpc) is 2.50. The maximum atomic E-state index is 12.0. The van der Waals surface area contributed by atoms with Crippen molar-refractivity contribution in [3.8, 4) is 0 Å². The summed E-state index contributed by atoms with van der Waals surface area (Å²) >= 11 is 17.5. The van der Waals surface area contributed by atoms with Crippen LogP contribution in [-0.4, -0.2) is 23.0 Å². The lowest BCUT2D eigenvalue weighted by atomic mass is 10.2. The number of nitrogens with zero attached hydrogens (tertiary/aromatic N) is 1. The van der Waals surface area contributed by atoms with E-state index in [4.69, 9.17) is 39.5 Å². The topological polar surface area (TPSA) is 68.3 Å². The molecule has 1 aromatic carbocycles. The fraction of sp³-hybridized carbons (Fsp3) is 0.133. The molecule has 0 radical (unpaired) electrons. The van der Waals surface area contributed by atoms with Gasteiger partial charge in [0, 0.05) is 6.20 Å². The molecule has 5 nitrogen and oxygen atoms in total. The molecule has 1 heterocycles. The lowest BCUT2D eigenvalue weighted by molar-refractivity contribution is -0.123. The first kappa shape index (κ1) is 17.5. The lowest BCUT2D eigenvalue weighted by Crippen LogP contribution is -2.30. The van der Waals surface area contributed by atoms with Crippen LogP contribution in [0.3, 0.4) is 0 Å². The van der Waals surface area contributed by atoms with Gasteiger partial charge in [-0.15, -0.1) is 0 Å². The summed E-state index contributed by atoms with van der Waals surface area (Å²) in [5, 5.41) is 3.22. The summed E-state index contributed by atoms with van der Waals surface area (Å²) in [6.07, 6.45) is 0.274. The highest BCUT2D eigenvalue weighted by Gasteiger charge is 2.21. The third kappa shape index (κ3) is 4.58. The van der Waals surface area contributed by atoms with Gasteiger partial charge in [-0.25, -0.2) is 9.78 Å². The second-order valence-electron chi connectivity index (χ2n) is 4.50. The van der Waals surface area contributed by atoms with Crippen molar-refractivity contribution in [2.75, 3.05) is 5.32 Å². The Morgan fingerprint density at radius 1 is 1.17 bits per heavy atom. The Labute approximate surface area is 147 Å². The zero-order valence-corrected chi connectivity index (χ0v) is 14.1. The van der Waals surface area contributed by atoms with E-state index in [-0.39, 0.29) is 21.4 Å². The van der Waals surface area contributed by atoms with Crippen molar-refractivity contribution in [3.05, 3.63) is 57.2 Å². The minimum absolute atomic E-state index is 0.127. The van der Waals surface area contributed by atoms with Crippen LogP contribution in [0.15, 0.2) is 36.5 Å². The van der Waals surface area contributed by atoms with E-state index >= 15 is 0 Å². The Balaban J connectivity index is 2.03. The highest BCUT2D eigenvalue weighted by Crippen LogP contribution is 2.23. The number of hydrogen-bond acceptors (Lipinski definition) is 4. The summed E-state index contributed by atoms with van der Waals surface area (Å²) in [6.45, 7) is 1.42. The molecule has 23 heavy (non-hydrogen) atoms. The van der Waals surface area contributed by atoms with Crippen molar-refractivity contribution in [1.82, 2.24) is 4.98 Å². The van der Waals surface area contributed by atoms with Gasteiger partial charge in [-0.05, 0) is 25.1 Å². The van der Waals surface area contributed by atoms with Gasteiger partial charge in [-0.3, -0.25) is 4.79 Å². The molecule has 1 amide bonds. The number of carbonyl (C=O) groups excluding carboxylic acids is 2. The van der Waals surface area contributed by atoms with Gasteiger partial charge < -0.3 is 10.1 Å². The zero-order chi connectivity index (χ0) is 17.0. The predicted octanol–water partition coefficient (Wildman–Crippen LogP) is 4.23. The van der Waals surface area contributed by atoms with E-state index in [0.717, 1.165) is 0 Å². The number of benzene rings is 1. The predicted molar refractivity (Wildman–Crippen MR) is 89.2 cm³/mol. The van der Waals surface area contributed by atoms with E-state index in [9.17, 15) is 9.59 Å². The average molecular weight is 374 g/mol. The van der Waals surface area contributed by atoms with E-state index in [1.807, 2.05) is 0 Å². The molecule has 1 N–H and O–H groups in total. The highest BCUT2D eigenvalue weighted by molar-refractivity contribution is 6.36. The number of halogens is 3. The highest BCUT2D eigenvalue weighted by atomic mass is 35.5. The van der Waals surface area contributed by atoms with Gasteiger partial charge in [0.2, 0.25) is 0 Å². The zero-order valence-electron chi connectivity index (χ0n) is 11.8. The van der Waals surface area contributed by atoms with Crippen LogP contribution in [0.25, 0.3) is 0 Å². The largest absolute Gasteiger partial charge is 0.449 e. The fourth-order valence-electron chi connectivity index (χ4n) is 1.63. The molecule has 120 valence electrons. The molecule has 0 aliphatic rings. The molecule has 0 aliphatic carbocycles. The van der Waals surface area contributed by atoms with Crippen LogP contribution >= 0.6 is 34.8 Å². The number of pyridine rings is 1. The normalized spacial score (nSPS) is 11.7. The van der Waals surface area contributed by atoms with E-state index in [1.54, 1.807) is 18.2 Å². The number of nitrogens with one attached hydrogen (secondary N) is 1. The van der Waals surface area contributed by atoms with Crippen LogP contribution in [-0.2, 0) is 9.53 Å². The Morgan fingerprint density at radius 2 is 1.87 bits per heavy atom. The quantitative estimate of drug-likeness (QED) is 0.815. The summed E-state index contributed by atoms with van der Waals surface area (Å²) in [5.41, 5.74) is 0.177. The van der Waals surface area contributed by atoms with Gasteiger partial charge in [-0.1, -0.05) is 46.9 Å². The molecule has 0 aliphatic heterocycles. The second-order valence-corrected chi connectivity index (χ2v) is 5.75. The molecular formula is C15H11Cl3N2O3. The van der Waals surface area contributed by atoms with Crippen LogP contribution in [0.4, 0.5) is 5.82 Å². The first-order valence-corrected chi connectivity index (χ1v) is 7.59. The summed E-state index contributed by atoms with van der Waals surface area (Å²) in [5.74, 6) is -1.16. The van der Waals surface area contributed by atoms with Gasteiger partial charge in [-0.2, -0.15) is 0 Å². The van der Waals surface area contributed by atoms with Crippen LogP contribution in [0.2, 0.25) is 15.1 Å². The molecule has 0 unspecified atom stereocenters. The van der Waals surface area contributed by atoms with E-state index < -0.39 is 18.0 Å². The van der Waals surface area contributed by atoms with Crippen molar-refractivity contribution >= 4 is 52.5 Å². The molecule has 0 fully saturated rings. The summed E-state index contributed by atoms with van der Waals surface area (Å²) in [7, 11) is 0. The standard InChI is InChI=1S/C15H11Cl3N2O3/c1-8(23-15(22)10-4-2-3-5-11(10)17)14(21)20-13-12(18)6-9(16)7-19-13/h2-8H,1H3,(H,19,20,21)/t8-/m1/s1. The lowest BCUT2D eigenvalue weighted by Gasteiger charge is -2.14. The first-order chi connectivity index (χ1) is 10.9. The van der Waals surface area contributed by atoms with E-state index in [2.05, 4.69) is 10.3 Å². The molecule has 0 spiro atoms. The third-order valence-corrected chi connectivity index (χ3v) is 3.62. The number of esters is 1. The smallest absolute Gasteiger partial charge is 0.340 e.